The average Bonchev–Trinajstić information content (AvgIpc) is 3.65. The van der Waals surface area contributed by atoms with Crippen LogP contribution in [0, 0.1) is 0 Å². The number of anilines is 4. The molecule has 4 nitrogen and oxygen atoms in total. The number of pyridine rings is 1. The smallest absolute Gasteiger partial charge is 0.137 e. The second-order valence-corrected chi connectivity index (χ2v) is 14.2. The van der Waals surface area contributed by atoms with Gasteiger partial charge in [0.2, 0.25) is 0 Å². The first-order valence-electron chi connectivity index (χ1n) is 16.5. The minimum Gasteiger partial charge on any atom is -0.321 e. The summed E-state index contributed by atoms with van der Waals surface area (Å²) < 4.78 is 2.34. The Bertz CT molecular complexity index is 2250. The van der Waals surface area contributed by atoms with Crippen LogP contribution in [0.3, 0.4) is 0 Å². The first kappa shape index (κ1) is 29.1. The molecule has 8 rings (SSSR count). The molecule has 0 N–H and O–H groups in total. The lowest BCUT2D eigenvalue weighted by atomic mass is 9.77. The minimum absolute atomic E-state index is 0.0304. The molecular weight excluding hydrogens is 573 g/mol. The van der Waals surface area contributed by atoms with Crippen molar-refractivity contribution in [1.82, 2.24) is 9.55 Å². The molecule has 1 aliphatic heterocycles. The number of nitrogens with zero attached hydrogens (tertiary/aromatic N) is 4. The summed E-state index contributed by atoms with van der Waals surface area (Å²) in [5.74, 6) is 0.955. The highest BCUT2D eigenvalue weighted by Crippen LogP contribution is 2.45. The Balaban J connectivity index is 1.22. The molecule has 7 aromatic rings. The molecule has 0 bridgehead atoms. The van der Waals surface area contributed by atoms with Crippen molar-refractivity contribution >= 4 is 44.6 Å². The van der Waals surface area contributed by atoms with Crippen molar-refractivity contribution in [2.24, 2.45) is 0 Å². The molecule has 4 heteroatoms. The Morgan fingerprint density at radius 1 is 0.511 bits per heavy atom. The van der Waals surface area contributed by atoms with Crippen molar-refractivity contribution in [3.05, 3.63) is 156 Å². The first-order valence-corrected chi connectivity index (χ1v) is 16.5. The van der Waals surface area contributed by atoms with Crippen LogP contribution in [0.2, 0.25) is 0 Å². The Morgan fingerprint density at radius 3 is 1.91 bits per heavy atom. The summed E-state index contributed by atoms with van der Waals surface area (Å²) in [4.78, 5) is 9.72. The van der Waals surface area contributed by atoms with Gasteiger partial charge in [-0.15, -0.1) is 0 Å². The molecule has 0 radical (unpaired) electrons. The van der Waals surface area contributed by atoms with Crippen LogP contribution in [0.1, 0.15) is 51.3 Å². The van der Waals surface area contributed by atoms with Crippen molar-refractivity contribution in [2.75, 3.05) is 16.5 Å². The highest BCUT2D eigenvalue weighted by molar-refractivity contribution is 6.09. The predicted octanol–water partition coefficient (Wildman–Crippen LogP) is 11.0. The average molecular weight is 613 g/mol. The molecule has 3 heterocycles. The minimum atomic E-state index is -0.246. The van der Waals surface area contributed by atoms with E-state index in [4.69, 9.17) is 4.98 Å². The number of fused-ring (bicyclic) bond motifs is 4. The van der Waals surface area contributed by atoms with Crippen molar-refractivity contribution < 1.29 is 0 Å². The Kier molecular flexibility index (Phi) is 6.73. The summed E-state index contributed by atoms with van der Waals surface area (Å²) in [5.41, 5.74) is 10.8. The number of hydrogen-bond donors (Lipinski definition) is 0. The third-order valence-corrected chi connectivity index (χ3v) is 9.93. The molecule has 2 aromatic heterocycles. The molecule has 0 atom stereocenters. The molecule has 0 amide bonds. The topological polar surface area (TPSA) is 24.3 Å². The van der Waals surface area contributed by atoms with E-state index in [2.05, 4.69) is 182 Å². The maximum Gasteiger partial charge on any atom is 0.137 e. The highest BCUT2D eigenvalue weighted by atomic mass is 15.4. The first-order chi connectivity index (χ1) is 22.7. The summed E-state index contributed by atoms with van der Waals surface area (Å²) in [5, 5.41) is 2.49. The fraction of sp³-hybridized carbons (Fsp3) is 0.186. The van der Waals surface area contributed by atoms with E-state index in [0.29, 0.717) is 0 Å². The van der Waals surface area contributed by atoms with Crippen LogP contribution in [0.25, 0.3) is 27.6 Å². The summed E-state index contributed by atoms with van der Waals surface area (Å²) in [7, 11) is 0. The van der Waals surface area contributed by atoms with Crippen LogP contribution in [0.5, 0.6) is 0 Å². The van der Waals surface area contributed by atoms with Gasteiger partial charge in [0.05, 0.1) is 22.4 Å². The molecule has 1 aliphatic rings. The van der Waals surface area contributed by atoms with Gasteiger partial charge in [0.1, 0.15) is 12.5 Å². The normalized spacial score (nSPS) is 13.5. The van der Waals surface area contributed by atoms with Crippen LogP contribution in [-0.2, 0) is 10.8 Å². The van der Waals surface area contributed by atoms with Gasteiger partial charge in [-0.1, -0.05) is 107 Å². The summed E-state index contributed by atoms with van der Waals surface area (Å²) in [6.45, 7) is 12.2. The molecular formula is C43H40N4. The van der Waals surface area contributed by atoms with E-state index in [1.165, 1.54) is 61.2 Å². The van der Waals surface area contributed by atoms with E-state index in [9.17, 15) is 0 Å². The van der Waals surface area contributed by atoms with Crippen LogP contribution >= 0.6 is 0 Å². The number of benzene rings is 5. The largest absolute Gasteiger partial charge is 0.321 e. The molecule has 0 aliphatic carbocycles. The Hall–Kier alpha value is -5.35. The van der Waals surface area contributed by atoms with Gasteiger partial charge in [0, 0.05) is 33.8 Å². The van der Waals surface area contributed by atoms with Crippen molar-refractivity contribution in [3.8, 4) is 5.82 Å². The van der Waals surface area contributed by atoms with Crippen molar-refractivity contribution in [3.63, 3.8) is 0 Å². The lowest BCUT2D eigenvalue weighted by Crippen LogP contribution is -2.25. The van der Waals surface area contributed by atoms with E-state index >= 15 is 0 Å². The van der Waals surface area contributed by atoms with Crippen LogP contribution in [-0.4, -0.2) is 16.2 Å². The molecule has 0 fully saturated rings. The maximum atomic E-state index is 4.90. The monoisotopic (exact) mass is 612 g/mol. The number of para-hydroxylation sites is 4. The molecule has 0 unspecified atom stereocenters. The van der Waals surface area contributed by atoms with Gasteiger partial charge in [0.15, 0.2) is 0 Å². The molecule has 0 saturated carbocycles. The number of hydrogen-bond acceptors (Lipinski definition) is 3. The van der Waals surface area contributed by atoms with Crippen molar-refractivity contribution in [2.45, 2.75) is 45.4 Å². The second-order valence-electron chi connectivity index (χ2n) is 14.2. The second kappa shape index (κ2) is 10.9. The number of rotatable bonds is 5. The standard InChI is InChI=1S/C43H40N4/c1-42(2,3)30-24-25-44-41(28-30)47-37-19-10-9-18-35(37)36-23-22-32(27-40(36)47)43(4,5)31-14-13-17-34(26-31)46-29-45(33-15-7-6-8-16-33)38-20-11-12-21-39(38)46/h6-28H,29H2,1-5H3. The SMILES string of the molecule is CC(C)(C)c1ccnc(-n2c3ccccc3c3ccc(C(C)(C)c4cccc(N5CN(c6ccccc6)c6ccccc65)c4)cc32)c1. The van der Waals surface area contributed by atoms with Gasteiger partial charge < -0.3 is 9.80 Å². The fourth-order valence-corrected chi connectivity index (χ4v) is 7.11. The van der Waals surface area contributed by atoms with Gasteiger partial charge in [-0.25, -0.2) is 4.98 Å². The molecule has 5 aromatic carbocycles. The van der Waals surface area contributed by atoms with Gasteiger partial charge in [-0.2, -0.15) is 0 Å². The lowest BCUT2D eigenvalue weighted by Gasteiger charge is -2.29. The molecule has 0 saturated heterocycles. The maximum absolute atomic E-state index is 4.90. The van der Waals surface area contributed by atoms with E-state index < -0.39 is 0 Å². The highest BCUT2D eigenvalue weighted by Gasteiger charge is 2.30. The van der Waals surface area contributed by atoms with E-state index in [0.717, 1.165) is 12.5 Å². The van der Waals surface area contributed by atoms with Gasteiger partial charge in [-0.05, 0) is 82.8 Å². The quantitative estimate of drug-likeness (QED) is 0.193. The van der Waals surface area contributed by atoms with E-state index in [-0.39, 0.29) is 10.8 Å². The van der Waals surface area contributed by atoms with E-state index in [1.54, 1.807) is 0 Å². The van der Waals surface area contributed by atoms with Crippen molar-refractivity contribution in [1.29, 1.82) is 0 Å². The predicted molar refractivity (Wildman–Crippen MR) is 198 cm³/mol. The molecule has 0 spiro atoms. The van der Waals surface area contributed by atoms with Crippen LogP contribution in [0.15, 0.2) is 140 Å². The Labute approximate surface area is 277 Å². The van der Waals surface area contributed by atoms with Crippen LogP contribution in [0.4, 0.5) is 22.7 Å². The lowest BCUT2D eigenvalue weighted by molar-refractivity contribution is 0.588. The Morgan fingerprint density at radius 2 is 1.15 bits per heavy atom. The van der Waals surface area contributed by atoms with Crippen LogP contribution < -0.4 is 9.80 Å². The number of aromatic nitrogens is 2. The van der Waals surface area contributed by atoms with Gasteiger partial charge >= 0.3 is 0 Å². The van der Waals surface area contributed by atoms with Gasteiger partial charge in [0.25, 0.3) is 0 Å². The zero-order chi connectivity index (χ0) is 32.3. The fourth-order valence-electron chi connectivity index (χ4n) is 7.11. The van der Waals surface area contributed by atoms with Gasteiger partial charge in [-0.3, -0.25) is 4.57 Å². The zero-order valence-corrected chi connectivity index (χ0v) is 27.8. The third-order valence-electron chi connectivity index (χ3n) is 9.93. The molecule has 47 heavy (non-hydrogen) atoms. The van der Waals surface area contributed by atoms with E-state index in [1.807, 2.05) is 6.20 Å². The summed E-state index contributed by atoms with van der Waals surface area (Å²) >= 11 is 0. The summed E-state index contributed by atoms with van der Waals surface area (Å²) in [6, 6.07) is 48.5. The zero-order valence-electron chi connectivity index (χ0n) is 27.8. The summed E-state index contributed by atoms with van der Waals surface area (Å²) in [6.07, 6.45) is 1.95. The third kappa shape index (κ3) is 4.87. The molecule has 232 valence electrons.